The third-order valence-corrected chi connectivity index (χ3v) is 2.32. The van der Waals surface area contributed by atoms with Crippen LogP contribution in [0.1, 0.15) is 12.7 Å². The minimum absolute atomic E-state index is 0.120. The summed E-state index contributed by atoms with van der Waals surface area (Å²) in [7, 11) is 3.70. The normalized spacial score (nSPS) is 10.9. The van der Waals surface area contributed by atoms with Gasteiger partial charge in [-0.25, -0.2) is 0 Å². The summed E-state index contributed by atoms with van der Waals surface area (Å²) in [6.45, 7) is 4.12. The summed E-state index contributed by atoms with van der Waals surface area (Å²) in [6.07, 6.45) is 0. The van der Waals surface area contributed by atoms with Crippen LogP contribution in [0.5, 0.6) is 0 Å². The van der Waals surface area contributed by atoms with Crippen molar-refractivity contribution in [2.75, 3.05) is 44.4 Å². The molecule has 17 heavy (non-hydrogen) atoms. The first-order valence-corrected chi connectivity index (χ1v) is 5.57. The molecule has 3 N–H and O–H groups in total. The second-order valence-electron chi connectivity index (χ2n) is 3.90. The van der Waals surface area contributed by atoms with Crippen molar-refractivity contribution in [2.45, 2.75) is 13.5 Å². The van der Waals surface area contributed by atoms with E-state index in [1.165, 1.54) is 0 Å². The Morgan fingerprint density at radius 1 is 1.24 bits per heavy atom. The highest BCUT2D eigenvalue weighted by Gasteiger charge is 2.09. The number of aliphatic hydroxyl groups excluding tert-OH is 1. The van der Waals surface area contributed by atoms with Crippen molar-refractivity contribution in [3.63, 3.8) is 0 Å². The highest BCUT2D eigenvalue weighted by atomic mass is 16.3. The van der Waals surface area contributed by atoms with Crippen LogP contribution in [0.2, 0.25) is 0 Å². The van der Waals surface area contributed by atoms with E-state index in [2.05, 4.69) is 15.0 Å². The Kier molecular flexibility index (Phi) is 5.05. The fourth-order valence-corrected chi connectivity index (χ4v) is 1.39. The van der Waals surface area contributed by atoms with Crippen LogP contribution in [0.15, 0.2) is 0 Å². The molecule has 0 unspecified atom stereocenters. The molecule has 0 aliphatic rings. The summed E-state index contributed by atoms with van der Waals surface area (Å²) in [4.78, 5) is 16.2. The number of aliphatic hydroxyl groups is 1. The van der Waals surface area contributed by atoms with Crippen molar-refractivity contribution in [1.82, 2.24) is 19.9 Å². The van der Waals surface area contributed by atoms with Crippen molar-refractivity contribution in [3.05, 3.63) is 5.82 Å². The molecule has 0 fully saturated rings. The molecule has 1 aromatic heterocycles. The van der Waals surface area contributed by atoms with Gasteiger partial charge in [0, 0.05) is 20.6 Å². The van der Waals surface area contributed by atoms with Gasteiger partial charge in [0.2, 0.25) is 11.9 Å². The van der Waals surface area contributed by atoms with E-state index in [1.54, 1.807) is 4.90 Å². The fourth-order valence-electron chi connectivity index (χ4n) is 1.39. The van der Waals surface area contributed by atoms with E-state index in [0.29, 0.717) is 24.9 Å². The largest absolute Gasteiger partial charge is 0.395 e. The predicted octanol–water partition coefficient (Wildman–Crippen LogP) is -0.666. The van der Waals surface area contributed by atoms with Gasteiger partial charge in [-0.15, -0.1) is 0 Å². The number of hydrogen-bond donors (Lipinski definition) is 2. The molecule has 0 bridgehead atoms. The van der Waals surface area contributed by atoms with Crippen LogP contribution in [0.3, 0.4) is 0 Å². The fraction of sp³-hybridized carbons (Fsp3) is 0.700. The first kappa shape index (κ1) is 13.6. The van der Waals surface area contributed by atoms with Gasteiger partial charge in [0.15, 0.2) is 0 Å². The average molecular weight is 240 g/mol. The zero-order valence-corrected chi connectivity index (χ0v) is 10.6. The number of nitrogens with two attached hydrogens (primary N) is 1. The quantitative estimate of drug-likeness (QED) is 0.681. The Balaban J connectivity index is 2.82. The van der Waals surface area contributed by atoms with Gasteiger partial charge in [-0.3, -0.25) is 4.90 Å². The van der Waals surface area contributed by atoms with E-state index in [1.807, 2.05) is 25.9 Å². The molecular formula is C10H20N6O. The third-order valence-electron chi connectivity index (χ3n) is 2.32. The molecule has 1 rings (SSSR count). The second kappa shape index (κ2) is 6.31. The molecule has 0 aliphatic heterocycles. The summed E-state index contributed by atoms with van der Waals surface area (Å²) >= 11 is 0. The van der Waals surface area contributed by atoms with Crippen LogP contribution < -0.4 is 10.6 Å². The van der Waals surface area contributed by atoms with Gasteiger partial charge in [0.05, 0.1) is 13.2 Å². The van der Waals surface area contributed by atoms with E-state index < -0.39 is 0 Å². The van der Waals surface area contributed by atoms with Crippen LogP contribution in [0.4, 0.5) is 11.9 Å². The molecule has 96 valence electrons. The lowest BCUT2D eigenvalue weighted by molar-refractivity contribution is 0.194. The summed E-state index contributed by atoms with van der Waals surface area (Å²) in [5, 5.41) is 8.92. The number of aromatic nitrogens is 3. The molecule has 0 atom stereocenters. The minimum atomic E-state index is 0.120. The summed E-state index contributed by atoms with van der Waals surface area (Å²) in [6, 6.07) is 0. The molecule has 0 radical (unpaired) electrons. The lowest BCUT2D eigenvalue weighted by Gasteiger charge is -2.19. The zero-order chi connectivity index (χ0) is 12.8. The molecule has 1 heterocycles. The molecule has 0 aromatic carbocycles. The standard InChI is InChI=1S/C10H20N6O/c1-4-16(5-6-17)7-8-12-9(11)14-10(13-8)15(2)3/h17H,4-7H2,1-3H3,(H2,11,12,13,14). The Morgan fingerprint density at radius 2 is 1.94 bits per heavy atom. The summed E-state index contributed by atoms with van der Waals surface area (Å²) in [5.74, 6) is 1.39. The Morgan fingerprint density at radius 3 is 2.47 bits per heavy atom. The molecular weight excluding hydrogens is 220 g/mol. The summed E-state index contributed by atoms with van der Waals surface area (Å²) in [5.41, 5.74) is 5.63. The molecule has 7 heteroatoms. The highest BCUT2D eigenvalue weighted by Crippen LogP contribution is 2.07. The van der Waals surface area contributed by atoms with Crippen molar-refractivity contribution >= 4 is 11.9 Å². The molecule has 7 nitrogen and oxygen atoms in total. The molecule has 1 aromatic rings. The first-order valence-electron chi connectivity index (χ1n) is 5.57. The predicted molar refractivity (Wildman–Crippen MR) is 66.6 cm³/mol. The highest BCUT2D eigenvalue weighted by molar-refractivity contribution is 5.32. The first-order chi connectivity index (χ1) is 8.06. The molecule has 0 saturated heterocycles. The van der Waals surface area contributed by atoms with Crippen LogP contribution in [0.25, 0.3) is 0 Å². The van der Waals surface area contributed by atoms with E-state index in [-0.39, 0.29) is 12.6 Å². The molecule has 0 amide bonds. The van der Waals surface area contributed by atoms with Crippen molar-refractivity contribution in [1.29, 1.82) is 0 Å². The van der Waals surface area contributed by atoms with E-state index in [4.69, 9.17) is 10.8 Å². The van der Waals surface area contributed by atoms with Crippen LogP contribution in [0, 0.1) is 0 Å². The molecule has 0 saturated carbocycles. The van der Waals surface area contributed by atoms with Crippen LogP contribution in [-0.2, 0) is 6.54 Å². The number of anilines is 2. The van der Waals surface area contributed by atoms with Crippen molar-refractivity contribution in [2.24, 2.45) is 0 Å². The van der Waals surface area contributed by atoms with Gasteiger partial charge in [0.1, 0.15) is 5.82 Å². The average Bonchev–Trinajstić information content (AvgIpc) is 2.27. The molecule has 0 aliphatic carbocycles. The monoisotopic (exact) mass is 240 g/mol. The van der Waals surface area contributed by atoms with Gasteiger partial charge >= 0.3 is 0 Å². The maximum atomic E-state index is 8.92. The van der Waals surface area contributed by atoms with Crippen LogP contribution >= 0.6 is 0 Å². The minimum Gasteiger partial charge on any atom is -0.395 e. The number of nitrogens with zero attached hydrogens (tertiary/aromatic N) is 5. The number of rotatable bonds is 6. The Bertz CT molecular complexity index is 357. The third kappa shape index (κ3) is 4.12. The topological polar surface area (TPSA) is 91.4 Å². The number of likely N-dealkylation sites (N-methyl/N-ethyl adjacent to an activating group) is 1. The second-order valence-corrected chi connectivity index (χ2v) is 3.90. The van der Waals surface area contributed by atoms with E-state index >= 15 is 0 Å². The van der Waals surface area contributed by atoms with Crippen molar-refractivity contribution < 1.29 is 5.11 Å². The van der Waals surface area contributed by atoms with E-state index in [0.717, 1.165) is 6.54 Å². The summed E-state index contributed by atoms with van der Waals surface area (Å²) < 4.78 is 0. The van der Waals surface area contributed by atoms with Gasteiger partial charge in [-0.2, -0.15) is 15.0 Å². The SMILES string of the molecule is CCN(CCO)Cc1nc(N)nc(N(C)C)n1. The van der Waals surface area contributed by atoms with E-state index in [9.17, 15) is 0 Å². The maximum absolute atomic E-state index is 8.92. The van der Waals surface area contributed by atoms with Gasteiger partial charge < -0.3 is 15.7 Å². The van der Waals surface area contributed by atoms with Gasteiger partial charge in [0.25, 0.3) is 0 Å². The van der Waals surface area contributed by atoms with Crippen molar-refractivity contribution in [3.8, 4) is 0 Å². The Hall–Kier alpha value is -1.47. The maximum Gasteiger partial charge on any atom is 0.229 e. The lowest BCUT2D eigenvalue weighted by Crippen LogP contribution is -2.28. The number of nitrogen functional groups attached to an aromatic ring is 1. The van der Waals surface area contributed by atoms with Gasteiger partial charge in [-0.1, -0.05) is 6.92 Å². The molecule has 0 spiro atoms. The lowest BCUT2D eigenvalue weighted by atomic mass is 10.4. The van der Waals surface area contributed by atoms with Gasteiger partial charge in [-0.05, 0) is 6.54 Å². The zero-order valence-electron chi connectivity index (χ0n) is 10.6. The smallest absolute Gasteiger partial charge is 0.229 e. The number of hydrogen-bond acceptors (Lipinski definition) is 7. The Labute approximate surface area is 101 Å². The van der Waals surface area contributed by atoms with Crippen LogP contribution in [-0.4, -0.2) is 58.8 Å².